The van der Waals surface area contributed by atoms with Crippen molar-refractivity contribution >= 4 is 15.9 Å². The predicted molar refractivity (Wildman–Crippen MR) is 38.7 cm³/mol. The molecule has 0 amide bonds. The molecule has 0 spiro atoms. The first-order chi connectivity index (χ1) is 3.84. The summed E-state index contributed by atoms with van der Waals surface area (Å²) in [6.07, 6.45) is 6.13. The lowest BCUT2D eigenvalue weighted by atomic mass is 10.2. The van der Waals surface area contributed by atoms with Gasteiger partial charge in [-0.25, -0.2) is 0 Å². The Morgan fingerprint density at radius 1 is 1.75 bits per heavy atom. The second kappa shape index (κ2) is 2.46. The van der Waals surface area contributed by atoms with E-state index in [2.05, 4.69) is 22.0 Å². The van der Waals surface area contributed by atoms with Crippen LogP contribution in [0.15, 0.2) is 22.7 Å². The first-order valence-electron chi connectivity index (χ1n) is 2.58. The number of halogens is 1. The van der Waals surface area contributed by atoms with Crippen molar-refractivity contribution in [1.82, 2.24) is 0 Å². The van der Waals surface area contributed by atoms with Crippen LogP contribution in [0.5, 0.6) is 0 Å². The van der Waals surface area contributed by atoms with Crippen LogP contribution >= 0.6 is 15.9 Å². The summed E-state index contributed by atoms with van der Waals surface area (Å²) in [5.74, 6) is 0.440. The minimum Gasteiger partial charge on any atom is -0.330 e. The van der Waals surface area contributed by atoms with Crippen molar-refractivity contribution < 1.29 is 0 Å². The molecule has 2 N–H and O–H groups in total. The van der Waals surface area contributed by atoms with Gasteiger partial charge in [-0.1, -0.05) is 34.2 Å². The third kappa shape index (κ3) is 1.01. The van der Waals surface area contributed by atoms with E-state index in [9.17, 15) is 0 Å². The van der Waals surface area contributed by atoms with E-state index in [4.69, 9.17) is 5.73 Å². The number of hydrogen-bond donors (Lipinski definition) is 1. The summed E-state index contributed by atoms with van der Waals surface area (Å²) >= 11 is 3.38. The summed E-state index contributed by atoms with van der Waals surface area (Å²) in [6, 6.07) is 0. The molecule has 0 aromatic heterocycles. The fourth-order valence-corrected chi connectivity index (χ4v) is 1.18. The number of rotatable bonds is 1. The highest BCUT2D eigenvalue weighted by molar-refractivity contribution is 9.11. The number of nitrogens with two attached hydrogens (primary N) is 1. The van der Waals surface area contributed by atoms with Crippen LogP contribution in [0.2, 0.25) is 0 Å². The highest BCUT2D eigenvalue weighted by atomic mass is 79.9. The van der Waals surface area contributed by atoms with Crippen molar-refractivity contribution in [3.05, 3.63) is 22.7 Å². The van der Waals surface area contributed by atoms with Crippen LogP contribution in [0.3, 0.4) is 0 Å². The highest BCUT2D eigenvalue weighted by Gasteiger charge is 2.07. The van der Waals surface area contributed by atoms with Gasteiger partial charge in [0.2, 0.25) is 0 Å². The van der Waals surface area contributed by atoms with Crippen LogP contribution in [0.25, 0.3) is 0 Å². The average Bonchev–Trinajstić information content (AvgIpc) is 2.14. The first kappa shape index (κ1) is 6.05. The summed E-state index contributed by atoms with van der Waals surface area (Å²) in [7, 11) is 0. The molecule has 0 saturated heterocycles. The van der Waals surface area contributed by atoms with Crippen LogP contribution in [0.4, 0.5) is 0 Å². The lowest BCUT2D eigenvalue weighted by Crippen LogP contribution is -2.09. The Bertz CT molecular complexity index is 137. The summed E-state index contributed by atoms with van der Waals surface area (Å²) in [5, 5.41) is 0. The van der Waals surface area contributed by atoms with Crippen LogP contribution in [-0.4, -0.2) is 6.54 Å². The predicted octanol–water partition coefficient (Wildman–Crippen LogP) is 1.41. The molecule has 1 atom stereocenters. The third-order valence-corrected chi connectivity index (χ3v) is 2.06. The molecule has 0 heterocycles. The first-order valence-corrected chi connectivity index (χ1v) is 3.38. The molecule has 8 heavy (non-hydrogen) atoms. The molecule has 0 fully saturated rings. The smallest absolute Gasteiger partial charge is 0.0210 e. The van der Waals surface area contributed by atoms with Gasteiger partial charge in [-0.05, 0) is 0 Å². The summed E-state index contributed by atoms with van der Waals surface area (Å²) in [6.45, 7) is 0.702. The van der Waals surface area contributed by atoms with Gasteiger partial charge in [0.1, 0.15) is 0 Å². The maximum Gasteiger partial charge on any atom is 0.0210 e. The van der Waals surface area contributed by atoms with Gasteiger partial charge in [0, 0.05) is 16.9 Å². The van der Waals surface area contributed by atoms with Crippen LogP contribution in [0.1, 0.15) is 0 Å². The van der Waals surface area contributed by atoms with E-state index in [1.165, 1.54) is 4.48 Å². The van der Waals surface area contributed by atoms with Gasteiger partial charge in [-0.15, -0.1) is 0 Å². The molecule has 1 aliphatic carbocycles. The molecule has 1 nitrogen and oxygen atoms in total. The lowest BCUT2D eigenvalue weighted by molar-refractivity contribution is 0.823. The van der Waals surface area contributed by atoms with Gasteiger partial charge in [0.25, 0.3) is 0 Å². The molecular formula is C6H8BrN. The Kier molecular flexibility index (Phi) is 1.86. The monoisotopic (exact) mass is 173 g/mol. The summed E-state index contributed by atoms with van der Waals surface area (Å²) < 4.78 is 1.19. The van der Waals surface area contributed by atoms with Crippen LogP contribution < -0.4 is 5.73 Å². The quantitative estimate of drug-likeness (QED) is 0.638. The Morgan fingerprint density at radius 2 is 2.50 bits per heavy atom. The van der Waals surface area contributed by atoms with Gasteiger partial charge in [-0.2, -0.15) is 0 Å². The molecule has 0 saturated carbocycles. The zero-order valence-electron chi connectivity index (χ0n) is 4.47. The van der Waals surface area contributed by atoms with Gasteiger partial charge in [0.05, 0.1) is 0 Å². The minimum atomic E-state index is 0.440. The van der Waals surface area contributed by atoms with E-state index >= 15 is 0 Å². The molecule has 44 valence electrons. The van der Waals surface area contributed by atoms with E-state index in [0.29, 0.717) is 12.5 Å². The topological polar surface area (TPSA) is 26.0 Å². The molecule has 0 aromatic rings. The lowest BCUT2D eigenvalue weighted by Gasteiger charge is -2.01. The average molecular weight is 174 g/mol. The number of hydrogen-bond acceptors (Lipinski definition) is 1. The van der Waals surface area contributed by atoms with Gasteiger partial charge in [0.15, 0.2) is 0 Å². The second-order valence-electron chi connectivity index (χ2n) is 1.78. The Balaban J connectivity index is 2.58. The molecule has 0 aromatic carbocycles. The molecule has 1 rings (SSSR count). The van der Waals surface area contributed by atoms with Crippen molar-refractivity contribution in [2.24, 2.45) is 11.7 Å². The standard InChI is InChI=1S/C6H8BrN/c7-6-3-1-2-5(6)4-8/h1-3,5H,4,8H2. The van der Waals surface area contributed by atoms with Crippen molar-refractivity contribution in [3.8, 4) is 0 Å². The SMILES string of the molecule is NCC1C=CC=C1Br. The Hall–Kier alpha value is -0.0800. The van der Waals surface area contributed by atoms with Gasteiger partial charge < -0.3 is 5.73 Å². The van der Waals surface area contributed by atoms with E-state index in [1.807, 2.05) is 12.2 Å². The largest absolute Gasteiger partial charge is 0.330 e. The van der Waals surface area contributed by atoms with Crippen LogP contribution in [0, 0.1) is 5.92 Å². The van der Waals surface area contributed by atoms with E-state index < -0.39 is 0 Å². The van der Waals surface area contributed by atoms with E-state index in [0.717, 1.165) is 0 Å². The molecule has 0 radical (unpaired) electrons. The van der Waals surface area contributed by atoms with Gasteiger partial charge >= 0.3 is 0 Å². The minimum absolute atomic E-state index is 0.440. The maximum absolute atomic E-state index is 5.40. The number of allylic oxidation sites excluding steroid dienone is 2. The molecular weight excluding hydrogens is 166 g/mol. The van der Waals surface area contributed by atoms with Gasteiger partial charge in [-0.3, -0.25) is 0 Å². The third-order valence-electron chi connectivity index (χ3n) is 1.21. The maximum atomic E-state index is 5.40. The highest BCUT2D eigenvalue weighted by Crippen LogP contribution is 2.22. The molecule has 1 unspecified atom stereocenters. The molecule has 2 heteroatoms. The molecule has 0 aliphatic heterocycles. The van der Waals surface area contributed by atoms with Crippen molar-refractivity contribution in [1.29, 1.82) is 0 Å². The second-order valence-corrected chi connectivity index (χ2v) is 2.69. The van der Waals surface area contributed by atoms with Crippen molar-refractivity contribution in [2.45, 2.75) is 0 Å². The fourth-order valence-electron chi connectivity index (χ4n) is 0.688. The van der Waals surface area contributed by atoms with Crippen LogP contribution in [-0.2, 0) is 0 Å². The zero-order chi connectivity index (χ0) is 5.98. The zero-order valence-corrected chi connectivity index (χ0v) is 6.06. The summed E-state index contributed by atoms with van der Waals surface area (Å²) in [5.41, 5.74) is 5.40. The molecule has 0 bridgehead atoms. The Labute approximate surface area is 57.4 Å². The normalized spacial score (nSPS) is 26.2. The van der Waals surface area contributed by atoms with Crippen molar-refractivity contribution in [3.63, 3.8) is 0 Å². The molecule has 1 aliphatic rings. The van der Waals surface area contributed by atoms with E-state index in [1.54, 1.807) is 0 Å². The fraction of sp³-hybridized carbons (Fsp3) is 0.333. The van der Waals surface area contributed by atoms with E-state index in [-0.39, 0.29) is 0 Å². The Morgan fingerprint density at radius 3 is 2.75 bits per heavy atom. The van der Waals surface area contributed by atoms with Crippen molar-refractivity contribution in [2.75, 3.05) is 6.54 Å². The summed E-state index contributed by atoms with van der Waals surface area (Å²) in [4.78, 5) is 0.